The summed E-state index contributed by atoms with van der Waals surface area (Å²) in [5.74, 6) is -3.82. The smallest absolute Gasteiger partial charge is 0.490 e. The highest BCUT2D eigenvalue weighted by Crippen LogP contribution is 2.30. The van der Waals surface area contributed by atoms with Gasteiger partial charge in [0.2, 0.25) is 5.91 Å². The van der Waals surface area contributed by atoms with E-state index in [-0.39, 0.29) is 18.4 Å². The van der Waals surface area contributed by atoms with Crippen LogP contribution in [0.25, 0.3) is 33.1 Å². The third-order valence-corrected chi connectivity index (χ3v) is 8.19. The maximum absolute atomic E-state index is 13.5. The van der Waals surface area contributed by atoms with Crippen molar-refractivity contribution in [1.29, 1.82) is 0 Å². The number of carboxylic acid groups (broad SMARTS) is 2. The fourth-order valence-electron chi connectivity index (χ4n) is 5.41. The number of nitrogens with one attached hydrogen (secondary N) is 3. The molecule has 0 spiro atoms. The first-order valence-electron chi connectivity index (χ1n) is 16.8. The molecule has 0 saturated heterocycles. The molecular weight excluding hydrogens is 740 g/mol. The zero-order valence-electron chi connectivity index (χ0n) is 29.9. The van der Waals surface area contributed by atoms with Crippen molar-refractivity contribution < 1.29 is 60.5 Å². The number of imidazole rings is 1. The second-order valence-electron chi connectivity index (χ2n) is 12.1. The molecule has 0 aliphatic rings. The Morgan fingerprint density at radius 1 is 0.873 bits per heavy atom. The lowest BCUT2D eigenvalue weighted by Crippen LogP contribution is -2.30. The van der Waals surface area contributed by atoms with Crippen LogP contribution in [-0.4, -0.2) is 73.2 Å². The van der Waals surface area contributed by atoms with Gasteiger partial charge in [-0.3, -0.25) is 14.6 Å². The van der Waals surface area contributed by atoms with Gasteiger partial charge in [-0.15, -0.1) is 0 Å². The van der Waals surface area contributed by atoms with Gasteiger partial charge < -0.3 is 30.2 Å². The Labute approximate surface area is 310 Å². The lowest BCUT2D eigenvalue weighted by molar-refractivity contribution is -0.193. The SMILES string of the molecule is CCC(=O)CCCCCC(NC(=O)Cc1c(C)[nH]c2ccc(OC)cc12)c1ncc(-c2cccc3ncccc23)[nH]1.O=C(O)C(F)(F)F.O=C(O)C(F)(F)F. The van der Waals surface area contributed by atoms with Gasteiger partial charge in [0, 0.05) is 46.6 Å². The molecule has 0 saturated carbocycles. The second kappa shape index (κ2) is 19.4. The van der Waals surface area contributed by atoms with Crippen LogP contribution in [0.3, 0.4) is 0 Å². The van der Waals surface area contributed by atoms with Gasteiger partial charge in [-0.2, -0.15) is 26.3 Å². The van der Waals surface area contributed by atoms with Gasteiger partial charge in [-0.05, 0) is 55.7 Å². The third-order valence-electron chi connectivity index (χ3n) is 8.19. The summed E-state index contributed by atoms with van der Waals surface area (Å²) in [5, 5.41) is 19.5. The lowest BCUT2D eigenvalue weighted by atomic mass is 10.0. The number of halogens is 6. The minimum Gasteiger partial charge on any atom is -0.497 e. The number of rotatable bonds is 13. The van der Waals surface area contributed by atoms with Gasteiger partial charge in [0.05, 0.1) is 37.0 Å². The van der Waals surface area contributed by atoms with Crippen LogP contribution in [0.5, 0.6) is 5.75 Å². The van der Waals surface area contributed by atoms with E-state index in [1.807, 2.05) is 68.6 Å². The van der Waals surface area contributed by atoms with Crippen molar-refractivity contribution in [3.05, 3.63) is 78.0 Å². The van der Waals surface area contributed by atoms with Gasteiger partial charge in [0.15, 0.2) is 0 Å². The number of carboxylic acids is 2. The predicted molar refractivity (Wildman–Crippen MR) is 189 cm³/mol. The maximum Gasteiger partial charge on any atom is 0.490 e. The Morgan fingerprint density at radius 2 is 1.55 bits per heavy atom. The van der Waals surface area contributed by atoms with Gasteiger partial charge >= 0.3 is 24.3 Å². The molecule has 296 valence electrons. The molecular formula is C37H39F6N5O7. The van der Waals surface area contributed by atoms with Crippen molar-refractivity contribution in [3.8, 4) is 17.0 Å². The fraction of sp³-hybridized carbons (Fsp3) is 0.351. The van der Waals surface area contributed by atoms with Gasteiger partial charge in [-0.25, -0.2) is 14.6 Å². The van der Waals surface area contributed by atoms with Crippen LogP contribution in [0.2, 0.25) is 0 Å². The molecule has 1 amide bonds. The molecule has 5 N–H and O–H groups in total. The first kappa shape index (κ1) is 43.5. The number of fused-ring (bicyclic) bond motifs is 2. The number of carbonyl (C=O) groups is 4. The van der Waals surface area contributed by atoms with Crippen LogP contribution in [0, 0.1) is 6.92 Å². The molecule has 0 bridgehead atoms. The normalized spacial score (nSPS) is 11.9. The highest BCUT2D eigenvalue weighted by Gasteiger charge is 2.39. The van der Waals surface area contributed by atoms with Crippen molar-refractivity contribution in [3.63, 3.8) is 0 Å². The Balaban J connectivity index is 0.000000494. The number of Topliss-reactive ketones (excluding diaryl/α,β-unsaturated/α-hetero) is 1. The van der Waals surface area contributed by atoms with Crippen molar-refractivity contribution in [2.75, 3.05) is 7.11 Å². The number of benzene rings is 2. The number of H-pyrrole nitrogens is 2. The number of aliphatic carboxylic acids is 2. The maximum atomic E-state index is 13.5. The molecule has 1 atom stereocenters. The number of ether oxygens (including phenoxy) is 1. The van der Waals surface area contributed by atoms with E-state index in [4.69, 9.17) is 29.5 Å². The van der Waals surface area contributed by atoms with E-state index in [0.29, 0.717) is 18.6 Å². The van der Waals surface area contributed by atoms with Crippen molar-refractivity contribution in [2.24, 2.45) is 0 Å². The Hall–Kier alpha value is -5.94. The fourth-order valence-corrected chi connectivity index (χ4v) is 5.41. The van der Waals surface area contributed by atoms with E-state index < -0.39 is 24.3 Å². The highest BCUT2D eigenvalue weighted by atomic mass is 19.4. The summed E-state index contributed by atoms with van der Waals surface area (Å²) in [5.41, 5.74) is 5.71. The molecule has 3 aromatic heterocycles. The van der Waals surface area contributed by atoms with E-state index in [1.54, 1.807) is 13.3 Å². The first-order chi connectivity index (χ1) is 25.8. The molecule has 1 unspecified atom stereocenters. The minimum absolute atomic E-state index is 0.0738. The number of ketones is 1. The van der Waals surface area contributed by atoms with Crippen LogP contribution in [0.4, 0.5) is 26.3 Å². The van der Waals surface area contributed by atoms with Gasteiger partial charge in [-0.1, -0.05) is 38.0 Å². The van der Waals surface area contributed by atoms with E-state index in [9.17, 15) is 35.9 Å². The lowest BCUT2D eigenvalue weighted by Gasteiger charge is -2.17. The number of amides is 1. The molecule has 0 radical (unpaired) electrons. The monoisotopic (exact) mass is 779 g/mol. The quantitative estimate of drug-likeness (QED) is 0.0583. The number of hydrogen-bond acceptors (Lipinski definition) is 7. The number of aryl methyl sites for hydroxylation is 1. The summed E-state index contributed by atoms with van der Waals surface area (Å²) in [7, 11) is 1.64. The number of carbonyl (C=O) groups excluding carboxylic acids is 2. The summed E-state index contributed by atoms with van der Waals surface area (Å²) in [6.07, 6.45) is -1.76. The number of methoxy groups -OCH3 is 1. The van der Waals surface area contributed by atoms with Crippen molar-refractivity contribution in [2.45, 2.75) is 77.2 Å². The molecule has 55 heavy (non-hydrogen) atoms. The van der Waals surface area contributed by atoms with Crippen LogP contribution >= 0.6 is 0 Å². The molecule has 2 aromatic carbocycles. The van der Waals surface area contributed by atoms with Gasteiger partial charge in [0.25, 0.3) is 0 Å². The number of unbranched alkanes of at least 4 members (excludes halogenated alkanes) is 2. The Kier molecular flexibility index (Phi) is 15.3. The molecule has 5 aromatic rings. The molecule has 12 nitrogen and oxygen atoms in total. The second-order valence-corrected chi connectivity index (χ2v) is 12.1. The number of alkyl halides is 6. The Morgan fingerprint density at radius 3 is 2.16 bits per heavy atom. The molecule has 18 heteroatoms. The van der Waals surface area contributed by atoms with Crippen LogP contribution in [0.1, 0.15) is 68.6 Å². The van der Waals surface area contributed by atoms with E-state index in [0.717, 1.165) is 81.6 Å². The number of hydrogen-bond donors (Lipinski definition) is 5. The first-order valence-corrected chi connectivity index (χ1v) is 16.8. The Bertz CT molecular complexity index is 2060. The number of aromatic amines is 2. The summed E-state index contributed by atoms with van der Waals surface area (Å²) in [4.78, 5) is 59.0. The molecule has 5 rings (SSSR count). The van der Waals surface area contributed by atoms with E-state index in [1.165, 1.54) is 0 Å². The summed E-state index contributed by atoms with van der Waals surface area (Å²) in [6.45, 7) is 3.89. The average Bonchev–Trinajstić information content (AvgIpc) is 3.74. The summed E-state index contributed by atoms with van der Waals surface area (Å²) < 4.78 is 68.9. The van der Waals surface area contributed by atoms with Crippen LogP contribution in [-0.2, 0) is 25.6 Å². The third kappa shape index (κ3) is 12.9. The largest absolute Gasteiger partial charge is 0.497 e. The number of aromatic nitrogens is 4. The molecule has 0 aliphatic heterocycles. The summed E-state index contributed by atoms with van der Waals surface area (Å²) in [6, 6.07) is 15.6. The van der Waals surface area contributed by atoms with Gasteiger partial charge in [0.1, 0.15) is 17.4 Å². The average molecular weight is 780 g/mol. The number of nitrogens with zero attached hydrogens (tertiary/aromatic N) is 2. The highest BCUT2D eigenvalue weighted by molar-refractivity contribution is 5.93. The summed E-state index contributed by atoms with van der Waals surface area (Å²) >= 11 is 0. The van der Waals surface area contributed by atoms with Crippen molar-refractivity contribution >= 4 is 45.4 Å². The molecule has 3 heterocycles. The zero-order valence-corrected chi connectivity index (χ0v) is 29.9. The van der Waals surface area contributed by atoms with Crippen LogP contribution < -0.4 is 10.1 Å². The predicted octanol–water partition coefficient (Wildman–Crippen LogP) is 8.02. The zero-order chi connectivity index (χ0) is 40.9. The topological polar surface area (TPSA) is 187 Å². The number of pyridine rings is 1. The van der Waals surface area contributed by atoms with Crippen LogP contribution in [0.15, 0.2) is 60.9 Å². The van der Waals surface area contributed by atoms with E-state index >= 15 is 0 Å². The van der Waals surface area contributed by atoms with E-state index in [2.05, 4.69) is 20.3 Å². The molecule has 0 aliphatic carbocycles. The molecule has 0 fully saturated rings. The minimum atomic E-state index is -5.08. The van der Waals surface area contributed by atoms with Crippen molar-refractivity contribution in [1.82, 2.24) is 25.3 Å². The standard InChI is InChI=1S/C33H37N5O3.2C2HF3O2/c1-4-22(39)10-6-5-7-13-30(33-35-20-31(38-33)25-11-8-14-28-24(25)12-9-17-34-28)37-32(40)19-26-21(2)36-29-16-15-23(41-3)18-27(26)29;2*3-2(4,5)1(6)7/h8-9,11-12,14-18,20,30,36H,4-7,10,13,19H2,1-3H3,(H,35,38)(H,37,40);2*(H,6,7).